The van der Waals surface area contributed by atoms with Crippen LogP contribution in [0.25, 0.3) is 0 Å². The van der Waals surface area contributed by atoms with Crippen molar-refractivity contribution in [1.29, 1.82) is 0 Å². The van der Waals surface area contributed by atoms with Gasteiger partial charge in [-0.1, -0.05) is 30.3 Å². The molecule has 4 N–H and O–H groups in total. The average molecular weight is 532 g/mol. The molecular formula is C23H22BrN3O3S2. The summed E-state index contributed by atoms with van der Waals surface area (Å²) in [6.45, 7) is 4.23. The van der Waals surface area contributed by atoms with Gasteiger partial charge in [0.05, 0.1) is 16.6 Å². The number of primary amides is 1. The van der Waals surface area contributed by atoms with E-state index in [4.69, 9.17) is 22.7 Å². The third-order valence-corrected chi connectivity index (χ3v) is 6.72. The van der Waals surface area contributed by atoms with Crippen LogP contribution in [0.4, 0.5) is 5.00 Å². The second-order valence-corrected chi connectivity index (χ2v) is 9.48. The number of hydrogen-bond donors (Lipinski definition) is 3. The van der Waals surface area contributed by atoms with Crippen molar-refractivity contribution in [2.24, 2.45) is 5.73 Å². The summed E-state index contributed by atoms with van der Waals surface area (Å²) in [5.74, 6) is -0.284. The van der Waals surface area contributed by atoms with Gasteiger partial charge < -0.3 is 15.8 Å². The number of halogens is 1. The summed E-state index contributed by atoms with van der Waals surface area (Å²) >= 11 is 10.1. The highest BCUT2D eigenvalue weighted by molar-refractivity contribution is 9.10. The lowest BCUT2D eigenvalue weighted by Crippen LogP contribution is -2.34. The number of carbonyl (C=O) groups is 2. The molecule has 2 amide bonds. The van der Waals surface area contributed by atoms with Gasteiger partial charge in [0.2, 0.25) is 0 Å². The maximum Gasteiger partial charge on any atom is 0.257 e. The Labute approximate surface area is 204 Å². The number of benzene rings is 2. The number of ether oxygens (including phenoxy) is 1. The van der Waals surface area contributed by atoms with Crippen LogP contribution in [0.5, 0.6) is 5.75 Å². The second-order valence-electron chi connectivity index (χ2n) is 6.99. The van der Waals surface area contributed by atoms with Crippen LogP contribution in [-0.4, -0.2) is 23.5 Å². The number of nitrogens with one attached hydrogen (secondary N) is 2. The van der Waals surface area contributed by atoms with Crippen LogP contribution in [0, 0.1) is 13.8 Å². The predicted octanol–water partition coefficient (Wildman–Crippen LogP) is 4.97. The number of thiophene rings is 1. The first-order valence-electron chi connectivity index (χ1n) is 9.74. The summed E-state index contributed by atoms with van der Waals surface area (Å²) < 4.78 is 6.49. The van der Waals surface area contributed by atoms with Gasteiger partial charge in [0.25, 0.3) is 11.8 Å². The minimum absolute atomic E-state index is 0.0815. The van der Waals surface area contributed by atoms with Gasteiger partial charge in [0.15, 0.2) is 5.11 Å². The lowest BCUT2D eigenvalue weighted by molar-refractivity contribution is 0.0975. The lowest BCUT2D eigenvalue weighted by atomic mass is 10.1. The highest BCUT2D eigenvalue weighted by Crippen LogP contribution is 2.32. The van der Waals surface area contributed by atoms with Crippen molar-refractivity contribution in [3.63, 3.8) is 0 Å². The first-order valence-corrected chi connectivity index (χ1v) is 11.8. The summed E-state index contributed by atoms with van der Waals surface area (Å²) in [4.78, 5) is 25.3. The molecule has 32 heavy (non-hydrogen) atoms. The van der Waals surface area contributed by atoms with Crippen LogP contribution in [0.3, 0.4) is 0 Å². The zero-order valence-corrected chi connectivity index (χ0v) is 20.7. The number of anilines is 1. The summed E-state index contributed by atoms with van der Waals surface area (Å²) in [5.41, 5.74) is 8.25. The van der Waals surface area contributed by atoms with Crippen molar-refractivity contribution in [3.8, 4) is 5.75 Å². The van der Waals surface area contributed by atoms with Crippen LogP contribution in [0.15, 0.2) is 53.0 Å². The van der Waals surface area contributed by atoms with Gasteiger partial charge in [-0.2, -0.15) is 0 Å². The molecule has 6 nitrogen and oxygen atoms in total. The monoisotopic (exact) mass is 531 g/mol. The zero-order valence-electron chi connectivity index (χ0n) is 17.5. The first-order chi connectivity index (χ1) is 15.3. The van der Waals surface area contributed by atoms with Gasteiger partial charge in [0, 0.05) is 16.9 Å². The Hall–Kier alpha value is -2.75. The fourth-order valence-electron chi connectivity index (χ4n) is 3.00. The van der Waals surface area contributed by atoms with Crippen molar-refractivity contribution in [3.05, 3.63) is 80.1 Å². The Bertz CT molecular complexity index is 1160. The highest BCUT2D eigenvalue weighted by atomic mass is 79.9. The molecule has 1 aromatic heterocycles. The maximum atomic E-state index is 12.6. The number of carbonyl (C=O) groups excluding carboxylic acids is 2. The molecule has 0 saturated heterocycles. The Morgan fingerprint density at radius 3 is 2.53 bits per heavy atom. The molecule has 2 aromatic carbocycles. The van der Waals surface area contributed by atoms with Gasteiger partial charge in [-0.25, -0.2) is 0 Å². The van der Waals surface area contributed by atoms with Crippen LogP contribution in [0.2, 0.25) is 0 Å². The van der Waals surface area contributed by atoms with Crippen LogP contribution in [-0.2, 0) is 6.42 Å². The normalized spacial score (nSPS) is 10.5. The molecule has 166 valence electrons. The van der Waals surface area contributed by atoms with Crippen molar-refractivity contribution < 1.29 is 14.3 Å². The van der Waals surface area contributed by atoms with E-state index in [0.717, 1.165) is 16.9 Å². The number of amides is 2. The van der Waals surface area contributed by atoms with E-state index in [0.29, 0.717) is 33.0 Å². The molecular weight excluding hydrogens is 510 g/mol. The third kappa shape index (κ3) is 5.93. The average Bonchev–Trinajstić information content (AvgIpc) is 3.02. The number of hydrogen-bond acceptors (Lipinski definition) is 5. The molecule has 0 spiro atoms. The summed E-state index contributed by atoms with van der Waals surface area (Å²) in [6, 6.07) is 15.1. The third-order valence-electron chi connectivity index (χ3n) is 4.77. The SMILES string of the molecule is Cc1sc(NC(=S)NC(=O)c2ccc(OCCc3ccccc3)c(Br)c2)c(C(N)=O)c1C. The molecule has 9 heteroatoms. The molecule has 1 heterocycles. The predicted molar refractivity (Wildman–Crippen MR) is 136 cm³/mol. The fraction of sp³-hybridized carbons (Fsp3) is 0.174. The quantitative estimate of drug-likeness (QED) is 0.374. The van der Waals surface area contributed by atoms with E-state index in [-0.39, 0.29) is 11.0 Å². The summed E-state index contributed by atoms with van der Waals surface area (Å²) in [5, 5.41) is 6.13. The minimum atomic E-state index is -0.546. The molecule has 0 radical (unpaired) electrons. The van der Waals surface area contributed by atoms with Gasteiger partial charge in [-0.3, -0.25) is 14.9 Å². The maximum absolute atomic E-state index is 12.6. The molecule has 0 fully saturated rings. The van der Waals surface area contributed by atoms with E-state index in [2.05, 4.69) is 26.6 Å². The van der Waals surface area contributed by atoms with Crippen molar-refractivity contribution >= 4 is 61.4 Å². The summed E-state index contributed by atoms with van der Waals surface area (Å²) in [7, 11) is 0. The Morgan fingerprint density at radius 2 is 1.88 bits per heavy atom. The molecule has 0 bridgehead atoms. The Kier molecular flexibility index (Phi) is 8.00. The van der Waals surface area contributed by atoms with E-state index in [1.165, 1.54) is 16.9 Å². The van der Waals surface area contributed by atoms with Gasteiger partial charge in [-0.15, -0.1) is 11.3 Å². The van der Waals surface area contributed by atoms with Crippen LogP contribution >= 0.6 is 39.5 Å². The molecule has 0 aliphatic carbocycles. The van der Waals surface area contributed by atoms with E-state index in [1.807, 2.05) is 44.2 Å². The van der Waals surface area contributed by atoms with Crippen molar-refractivity contribution in [2.75, 3.05) is 11.9 Å². The van der Waals surface area contributed by atoms with E-state index in [9.17, 15) is 9.59 Å². The van der Waals surface area contributed by atoms with Crippen molar-refractivity contribution in [1.82, 2.24) is 5.32 Å². The standard InChI is InChI=1S/C23H22BrN3O3S2/c1-13-14(2)32-22(19(13)20(25)28)27-23(31)26-21(29)16-8-9-18(17(24)12-16)30-11-10-15-6-4-3-5-7-15/h3-9,12H,10-11H2,1-2H3,(H2,25,28)(H2,26,27,29,31). The lowest BCUT2D eigenvalue weighted by Gasteiger charge is -2.12. The number of rotatable bonds is 7. The fourth-order valence-corrected chi connectivity index (χ4v) is 4.83. The van der Waals surface area contributed by atoms with Crippen LogP contribution in [0.1, 0.15) is 36.7 Å². The number of nitrogens with two attached hydrogens (primary N) is 1. The van der Waals surface area contributed by atoms with Crippen molar-refractivity contribution in [2.45, 2.75) is 20.3 Å². The molecule has 0 aliphatic rings. The second kappa shape index (κ2) is 10.7. The van der Waals surface area contributed by atoms with E-state index in [1.54, 1.807) is 18.2 Å². The Morgan fingerprint density at radius 1 is 1.16 bits per heavy atom. The van der Waals surface area contributed by atoms with Gasteiger partial charge >= 0.3 is 0 Å². The van der Waals surface area contributed by atoms with E-state index < -0.39 is 5.91 Å². The largest absolute Gasteiger partial charge is 0.492 e. The van der Waals surface area contributed by atoms with Gasteiger partial charge in [0.1, 0.15) is 10.8 Å². The Balaban J connectivity index is 1.59. The zero-order chi connectivity index (χ0) is 23.3. The number of aryl methyl sites for hydroxylation is 1. The molecule has 3 aromatic rings. The highest BCUT2D eigenvalue weighted by Gasteiger charge is 2.19. The molecule has 0 aliphatic heterocycles. The minimum Gasteiger partial charge on any atom is -0.492 e. The topological polar surface area (TPSA) is 93.4 Å². The summed E-state index contributed by atoms with van der Waals surface area (Å²) in [6.07, 6.45) is 0.782. The smallest absolute Gasteiger partial charge is 0.257 e. The molecule has 0 saturated carbocycles. The molecule has 0 unspecified atom stereocenters. The van der Waals surface area contributed by atoms with Crippen LogP contribution < -0.4 is 21.1 Å². The van der Waals surface area contributed by atoms with Gasteiger partial charge in [-0.05, 0) is 71.3 Å². The van der Waals surface area contributed by atoms with E-state index >= 15 is 0 Å². The number of thiocarbonyl (C=S) groups is 1. The first kappa shape index (κ1) is 23.9. The molecule has 3 rings (SSSR count). The molecule has 0 atom stereocenters.